The molecule has 3 heterocycles. The second kappa shape index (κ2) is 9.67. The molecule has 10 heteroatoms. The third-order valence-corrected chi connectivity index (χ3v) is 6.78. The highest BCUT2D eigenvalue weighted by Gasteiger charge is 2.34. The Labute approximate surface area is 207 Å². The zero-order chi connectivity index (χ0) is 25.4. The average molecular weight is 499 g/mol. The average Bonchev–Trinajstić information content (AvgIpc) is 2.83. The number of anilines is 1. The van der Waals surface area contributed by atoms with Crippen LogP contribution in [-0.2, 0) is 24.1 Å². The molecular formula is C26H29F3N6O. The van der Waals surface area contributed by atoms with Gasteiger partial charge in [0.1, 0.15) is 17.7 Å². The van der Waals surface area contributed by atoms with Gasteiger partial charge in [-0.15, -0.1) is 0 Å². The fourth-order valence-corrected chi connectivity index (χ4v) is 4.87. The van der Waals surface area contributed by atoms with Gasteiger partial charge in [-0.3, -0.25) is 14.6 Å². The fraction of sp³-hybridized carbons (Fsp3) is 0.423. The van der Waals surface area contributed by atoms with E-state index in [1.807, 2.05) is 38.1 Å². The van der Waals surface area contributed by atoms with Crippen LogP contribution in [0.3, 0.4) is 0 Å². The van der Waals surface area contributed by atoms with Crippen LogP contribution in [0.1, 0.15) is 30.8 Å². The first-order chi connectivity index (χ1) is 17.2. The van der Waals surface area contributed by atoms with Crippen molar-refractivity contribution in [2.24, 2.45) is 5.92 Å². The number of nitrogens with zero attached hydrogens (tertiary/aromatic N) is 4. The summed E-state index contributed by atoms with van der Waals surface area (Å²) in [5.74, 6) is 1.17. The Bertz CT molecular complexity index is 1260. The van der Waals surface area contributed by atoms with Crippen molar-refractivity contribution in [2.75, 3.05) is 25.0 Å². The van der Waals surface area contributed by atoms with Crippen molar-refractivity contribution in [3.8, 4) is 0 Å². The van der Waals surface area contributed by atoms with Gasteiger partial charge in [0.05, 0.1) is 23.8 Å². The summed E-state index contributed by atoms with van der Waals surface area (Å²) in [5, 5.41) is 7.39. The van der Waals surface area contributed by atoms with Gasteiger partial charge in [-0.05, 0) is 29.7 Å². The lowest BCUT2D eigenvalue weighted by molar-refractivity contribution is -0.137. The number of hydrogen-bond donors (Lipinski definition) is 2. The van der Waals surface area contributed by atoms with E-state index in [-0.39, 0.29) is 18.0 Å². The first kappa shape index (κ1) is 24.5. The van der Waals surface area contributed by atoms with Crippen LogP contribution in [0.4, 0.5) is 19.0 Å². The summed E-state index contributed by atoms with van der Waals surface area (Å²) >= 11 is 0. The number of fused-ring (bicyclic) bond motifs is 5. The van der Waals surface area contributed by atoms with Gasteiger partial charge < -0.3 is 10.6 Å². The number of aromatic nitrogens is 2. The Kier molecular flexibility index (Phi) is 6.57. The molecule has 3 aromatic rings. The van der Waals surface area contributed by atoms with E-state index < -0.39 is 17.8 Å². The third kappa shape index (κ3) is 5.15. The molecule has 7 nitrogen and oxygen atoms in total. The largest absolute Gasteiger partial charge is 0.416 e. The number of hydrogen-bond acceptors (Lipinski definition) is 6. The molecule has 1 aromatic heterocycles. The molecular weight excluding hydrogens is 469 g/mol. The van der Waals surface area contributed by atoms with Crippen molar-refractivity contribution in [3.63, 3.8) is 0 Å². The number of carbonyl (C=O) groups is 1. The van der Waals surface area contributed by atoms with E-state index in [2.05, 4.69) is 20.4 Å². The molecule has 1 unspecified atom stereocenters. The SMILES string of the molecule is CC(C)[C@@H]1Nc2nc(nc3ccccc23)CN2CCN(Cc3cccc(C(F)(F)F)c3)CC2NC1=O. The van der Waals surface area contributed by atoms with Crippen LogP contribution in [-0.4, -0.2) is 57.5 Å². The van der Waals surface area contributed by atoms with E-state index in [1.165, 1.54) is 12.1 Å². The molecule has 5 rings (SSSR count). The number of benzene rings is 2. The summed E-state index contributed by atoms with van der Waals surface area (Å²) < 4.78 is 39.5. The molecule has 2 aromatic carbocycles. The molecule has 2 atom stereocenters. The number of amides is 1. The van der Waals surface area contributed by atoms with E-state index >= 15 is 0 Å². The van der Waals surface area contributed by atoms with Gasteiger partial charge in [-0.25, -0.2) is 9.97 Å². The minimum atomic E-state index is -4.38. The first-order valence-corrected chi connectivity index (χ1v) is 12.1. The second-order valence-electron chi connectivity index (χ2n) is 9.80. The highest BCUT2D eigenvalue weighted by molar-refractivity contribution is 5.92. The van der Waals surface area contributed by atoms with Crippen LogP contribution in [0.25, 0.3) is 10.9 Å². The van der Waals surface area contributed by atoms with E-state index in [0.29, 0.717) is 49.9 Å². The van der Waals surface area contributed by atoms with Crippen LogP contribution in [0.15, 0.2) is 48.5 Å². The molecule has 1 amide bonds. The summed E-state index contributed by atoms with van der Waals surface area (Å²) in [4.78, 5) is 27.1. The topological polar surface area (TPSA) is 73.4 Å². The Morgan fingerprint density at radius 2 is 1.86 bits per heavy atom. The molecule has 0 saturated carbocycles. The van der Waals surface area contributed by atoms with Crippen LogP contribution in [0, 0.1) is 5.92 Å². The maximum absolute atomic E-state index is 13.4. The summed E-state index contributed by atoms with van der Waals surface area (Å²) in [5.41, 5.74) is 0.752. The molecule has 2 aliphatic rings. The van der Waals surface area contributed by atoms with Crippen LogP contribution in [0.2, 0.25) is 0 Å². The molecule has 190 valence electrons. The smallest absolute Gasteiger partial charge is 0.358 e. The molecule has 2 N–H and O–H groups in total. The molecule has 36 heavy (non-hydrogen) atoms. The molecule has 1 fully saturated rings. The fourth-order valence-electron chi connectivity index (χ4n) is 4.87. The summed E-state index contributed by atoms with van der Waals surface area (Å²) in [6.45, 7) is 6.52. The minimum absolute atomic E-state index is 0.000133. The lowest BCUT2D eigenvalue weighted by atomic mass is 10.0. The second-order valence-corrected chi connectivity index (χ2v) is 9.80. The summed E-state index contributed by atoms with van der Waals surface area (Å²) in [6.07, 6.45) is -4.70. The molecule has 0 aliphatic carbocycles. The number of nitrogens with one attached hydrogen (secondary N) is 2. The van der Waals surface area contributed by atoms with Gasteiger partial charge >= 0.3 is 6.18 Å². The van der Waals surface area contributed by atoms with Crippen molar-refractivity contribution in [3.05, 3.63) is 65.5 Å². The number of alkyl halides is 3. The Morgan fingerprint density at radius 1 is 1.06 bits per heavy atom. The lowest BCUT2D eigenvalue weighted by Crippen LogP contribution is -2.62. The van der Waals surface area contributed by atoms with Gasteiger partial charge in [0.25, 0.3) is 0 Å². The number of halogens is 3. The highest BCUT2D eigenvalue weighted by atomic mass is 19.4. The monoisotopic (exact) mass is 498 g/mol. The van der Waals surface area contributed by atoms with Gasteiger partial charge in [-0.1, -0.05) is 44.2 Å². The molecule has 0 radical (unpaired) electrons. The van der Waals surface area contributed by atoms with Crippen molar-refractivity contribution in [2.45, 2.75) is 45.3 Å². The quantitative estimate of drug-likeness (QED) is 0.572. The molecule has 2 aliphatic heterocycles. The van der Waals surface area contributed by atoms with Gasteiger partial charge in [0, 0.05) is 31.6 Å². The first-order valence-electron chi connectivity index (χ1n) is 12.1. The van der Waals surface area contributed by atoms with E-state index in [1.54, 1.807) is 6.07 Å². The van der Waals surface area contributed by atoms with Gasteiger partial charge in [0.15, 0.2) is 0 Å². The van der Waals surface area contributed by atoms with E-state index in [0.717, 1.165) is 17.0 Å². The lowest BCUT2D eigenvalue weighted by Gasteiger charge is -2.42. The van der Waals surface area contributed by atoms with Crippen molar-refractivity contribution in [1.82, 2.24) is 25.1 Å². The Morgan fingerprint density at radius 3 is 2.64 bits per heavy atom. The molecule has 1 saturated heterocycles. The van der Waals surface area contributed by atoms with Crippen LogP contribution >= 0.6 is 0 Å². The van der Waals surface area contributed by atoms with Crippen LogP contribution < -0.4 is 10.6 Å². The maximum Gasteiger partial charge on any atom is 0.416 e. The van der Waals surface area contributed by atoms with Gasteiger partial charge in [-0.2, -0.15) is 13.2 Å². The van der Waals surface area contributed by atoms with Crippen molar-refractivity contribution in [1.29, 1.82) is 0 Å². The molecule has 0 spiro atoms. The highest BCUT2D eigenvalue weighted by Crippen LogP contribution is 2.30. The van der Waals surface area contributed by atoms with Gasteiger partial charge in [0.2, 0.25) is 5.91 Å². The maximum atomic E-state index is 13.4. The third-order valence-electron chi connectivity index (χ3n) is 6.78. The standard InChI is InChI=1S/C26H29F3N6O/c1-16(2)23-25(36)32-22-15-34(13-17-6-5-7-18(12-17)26(27,28)29)10-11-35(22)14-21-30-20-9-4-3-8-19(20)24(31-21)33-23/h3-9,12,16,22-23H,10-11,13-15H2,1-2H3,(H,32,36)(H,30,31,33)/t22?,23-/m0/s1. The van der Waals surface area contributed by atoms with Crippen molar-refractivity contribution >= 4 is 22.6 Å². The Hall–Kier alpha value is -3.24. The summed E-state index contributed by atoms with van der Waals surface area (Å²) in [6, 6.07) is 12.6. The molecule has 2 bridgehead atoms. The predicted molar refractivity (Wildman–Crippen MR) is 131 cm³/mol. The van der Waals surface area contributed by atoms with E-state index in [4.69, 9.17) is 9.97 Å². The zero-order valence-electron chi connectivity index (χ0n) is 20.2. The number of piperazine rings is 1. The summed E-state index contributed by atoms with van der Waals surface area (Å²) in [7, 11) is 0. The number of rotatable bonds is 3. The normalized spacial score (nSPS) is 21.7. The minimum Gasteiger partial charge on any atom is -0.358 e. The van der Waals surface area contributed by atoms with Crippen molar-refractivity contribution < 1.29 is 18.0 Å². The number of carbonyl (C=O) groups excluding carboxylic acids is 1. The number of para-hydroxylation sites is 1. The van der Waals surface area contributed by atoms with Crippen LogP contribution in [0.5, 0.6) is 0 Å². The Balaban J connectivity index is 1.42. The predicted octanol–water partition coefficient (Wildman–Crippen LogP) is 3.86. The van der Waals surface area contributed by atoms with E-state index in [9.17, 15) is 18.0 Å². The zero-order valence-corrected chi connectivity index (χ0v) is 20.2.